The summed E-state index contributed by atoms with van der Waals surface area (Å²) in [6.45, 7) is 2.26. The van der Waals surface area contributed by atoms with Crippen LogP contribution in [0, 0.1) is 11.8 Å². The molecule has 1 fully saturated rings. The van der Waals surface area contributed by atoms with Gasteiger partial charge in [-0.05, 0) is 57.0 Å². The van der Waals surface area contributed by atoms with Gasteiger partial charge < -0.3 is 36.0 Å². The van der Waals surface area contributed by atoms with Gasteiger partial charge in [-0.2, -0.15) is 0 Å². The van der Waals surface area contributed by atoms with Crippen LogP contribution in [-0.2, 0) is 25.5 Å². The number of unbranched alkanes of at least 4 members (excludes halogenated alkanes) is 1. The Morgan fingerprint density at radius 2 is 1.92 bits per heavy atom. The van der Waals surface area contributed by atoms with Gasteiger partial charge in [0.25, 0.3) is 5.91 Å². The fourth-order valence-corrected chi connectivity index (χ4v) is 5.93. The number of hydrogen-bond acceptors (Lipinski definition) is 10. The molecule has 5 atom stereocenters. The molecule has 1 aromatic rings. The molecule has 1 aromatic carbocycles. The molecule has 0 aromatic heterocycles. The Kier molecular flexibility index (Phi) is 6.93. The largest absolute Gasteiger partial charge is 0.508 e. The SMILES string of the molecule is CCCCOC(O)c1ccc(O)c2c1CC1CC3C(N(C)C)C(=O)C(C(N)=O)=C(O)C3(O)C(=O)C1=C2O. The number of benzene rings is 1. The fourth-order valence-electron chi connectivity index (χ4n) is 5.93. The highest BCUT2D eigenvalue weighted by Crippen LogP contribution is 2.53. The number of fused-ring (bicyclic) bond motifs is 3. The van der Waals surface area contributed by atoms with Crippen LogP contribution in [0.4, 0.5) is 0 Å². The molecule has 4 rings (SSSR count). The predicted molar refractivity (Wildman–Crippen MR) is 130 cm³/mol. The fraction of sp³-hybridized carbons (Fsp3) is 0.500. The maximum atomic E-state index is 13.8. The molecule has 0 radical (unpaired) electrons. The topological polar surface area (TPSA) is 191 Å². The number of ether oxygens (including phenoxy) is 1. The summed E-state index contributed by atoms with van der Waals surface area (Å²) >= 11 is 0. The monoisotopic (exact) mass is 516 g/mol. The van der Waals surface area contributed by atoms with E-state index in [0.29, 0.717) is 17.5 Å². The summed E-state index contributed by atoms with van der Waals surface area (Å²) in [5.74, 6) is -7.20. The minimum atomic E-state index is -2.69. The van der Waals surface area contributed by atoms with E-state index < -0.39 is 64.3 Å². The molecule has 37 heavy (non-hydrogen) atoms. The first-order chi connectivity index (χ1) is 17.4. The van der Waals surface area contributed by atoms with E-state index in [2.05, 4.69) is 0 Å². The van der Waals surface area contributed by atoms with Gasteiger partial charge in [0.05, 0.1) is 18.2 Å². The molecule has 3 aliphatic carbocycles. The number of Topliss-reactive ketones (excluding diaryl/α,β-unsaturated/α-hetero) is 2. The molecule has 0 spiro atoms. The number of carbonyl (C=O) groups is 3. The van der Waals surface area contributed by atoms with Gasteiger partial charge in [-0.15, -0.1) is 0 Å². The van der Waals surface area contributed by atoms with Crippen molar-refractivity contribution in [1.29, 1.82) is 0 Å². The van der Waals surface area contributed by atoms with Gasteiger partial charge in [-0.1, -0.05) is 13.3 Å². The Labute approximate surface area is 213 Å². The number of aromatic hydroxyl groups is 1. The van der Waals surface area contributed by atoms with Crippen molar-refractivity contribution in [3.63, 3.8) is 0 Å². The van der Waals surface area contributed by atoms with Crippen LogP contribution >= 0.6 is 0 Å². The van der Waals surface area contributed by atoms with Crippen molar-refractivity contribution >= 4 is 23.2 Å². The number of hydrogen-bond donors (Lipinski definition) is 6. The Hall–Kier alpha value is -3.25. The van der Waals surface area contributed by atoms with Crippen molar-refractivity contribution < 1.29 is 44.7 Å². The van der Waals surface area contributed by atoms with Gasteiger partial charge in [-0.3, -0.25) is 19.3 Å². The number of carbonyl (C=O) groups excluding carboxylic acids is 3. The van der Waals surface area contributed by atoms with Crippen molar-refractivity contribution in [3.05, 3.63) is 45.7 Å². The summed E-state index contributed by atoms with van der Waals surface area (Å²) < 4.78 is 5.51. The molecule has 0 aliphatic heterocycles. The first-order valence-corrected chi connectivity index (χ1v) is 12.2. The number of primary amides is 1. The summed E-state index contributed by atoms with van der Waals surface area (Å²) in [7, 11) is 3.07. The maximum Gasteiger partial charge on any atom is 0.255 e. The van der Waals surface area contributed by atoms with E-state index in [4.69, 9.17) is 10.5 Å². The minimum absolute atomic E-state index is 0.0341. The third-order valence-corrected chi connectivity index (χ3v) is 7.68. The molecule has 11 heteroatoms. The number of amides is 1. The number of nitrogens with two attached hydrogens (primary N) is 1. The lowest BCUT2D eigenvalue weighted by Crippen LogP contribution is -2.65. The van der Waals surface area contributed by atoms with Crippen LogP contribution in [0.25, 0.3) is 5.76 Å². The zero-order chi connectivity index (χ0) is 27.4. The van der Waals surface area contributed by atoms with Crippen LogP contribution in [-0.4, -0.2) is 80.3 Å². The molecule has 7 N–H and O–H groups in total. The van der Waals surface area contributed by atoms with Gasteiger partial charge in [0, 0.05) is 17.1 Å². The number of aliphatic hydroxyl groups excluding tert-OH is 3. The molecule has 1 saturated carbocycles. The van der Waals surface area contributed by atoms with E-state index in [1.165, 1.54) is 31.1 Å². The zero-order valence-electron chi connectivity index (χ0n) is 20.9. The molecule has 11 nitrogen and oxygen atoms in total. The van der Waals surface area contributed by atoms with E-state index in [9.17, 15) is 39.9 Å². The molecule has 0 bridgehead atoms. The third kappa shape index (κ3) is 3.93. The third-order valence-electron chi connectivity index (χ3n) is 7.68. The van der Waals surface area contributed by atoms with Gasteiger partial charge >= 0.3 is 0 Å². The van der Waals surface area contributed by atoms with E-state index in [-0.39, 0.29) is 36.3 Å². The Bertz CT molecular complexity index is 1230. The highest BCUT2D eigenvalue weighted by Gasteiger charge is 2.64. The molecular formula is C26H32N2O9. The molecule has 3 aliphatic rings. The zero-order valence-corrected chi connectivity index (χ0v) is 20.9. The van der Waals surface area contributed by atoms with E-state index >= 15 is 0 Å². The van der Waals surface area contributed by atoms with Gasteiger partial charge in [-0.25, -0.2) is 0 Å². The number of ketones is 2. The van der Waals surface area contributed by atoms with Crippen molar-refractivity contribution in [2.24, 2.45) is 17.6 Å². The smallest absolute Gasteiger partial charge is 0.255 e. The average Bonchev–Trinajstić information content (AvgIpc) is 2.81. The quantitative estimate of drug-likeness (QED) is 0.171. The summed E-state index contributed by atoms with van der Waals surface area (Å²) in [6.07, 6.45) is 0.267. The number of likely N-dealkylation sites (N-methyl/N-ethyl adjacent to an activating group) is 1. The van der Waals surface area contributed by atoms with Crippen molar-refractivity contribution in [2.45, 2.75) is 50.5 Å². The Morgan fingerprint density at radius 3 is 2.51 bits per heavy atom. The van der Waals surface area contributed by atoms with Gasteiger partial charge in [0.2, 0.25) is 5.78 Å². The van der Waals surface area contributed by atoms with Crippen LogP contribution in [0.15, 0.2) is 29.0 Å². The lowest BCUT2D eigenvalue weighted by Gasteiger charge is -2.50. The van der Waals surface area contributed by atoms with Crippen LogP contribution in [0.3, 0.4) is 0 Å². The lowest BCUT2D eigenvalue weighted by molar-refractivity contribution is -0.153. The number of phenolic OH excluding ortho intramolecular Hbond substituents is 1. The molecule has 5 unspecified atom stereocenters. The van der Waals surface area contributed by atoms with E-state index in [1.54, 1.807) is 0 Å². The van der Waals surface area contributed by atoms with Crippen LogP contribution in [0.1, 0.15) is 49.2 Å². The van der Waals surface area contributed by atoms with Crippen molar-refractivity contribution in [3.8, 4) is 5.75 Å². The highest BCUT2D eigenvalue weighted by molar-refractivity contribution is 6.24. The summed E-state index contributed by atoms with van der Waals surface area (Å²) in [5.41, 5.74) is 2.10. The maximum absolute atomic E-state index is 13.8. The summed E-state index contributed by atoms with van der Waals surface area (Å²) in [4.78, 5) is 40.4. The second kappa shape index (κ2) is 9.56. The van der Waals surface area contributed by atoms with Crippen LogP contribution in [0.2, 0.25) is 0 Å². The normalized spacial score (nSPS) is 28.2. The number of aliphatic hydroxyl groups is 4. The van der Waals surface area contributed by atoms with Crippen molar-refractivity contribution in [1.82, 2.24) is 4.90 Å². The van der Waals surface area contributed by atoms with Gasteiger partial charge in [0.15, 0.2) is 17.7 Å². The average molecular weight is 517 g/mol. The number of phenols is 1. The van der Waals surface area contributed by atoms with E-state index in [0.717, 1.165) is 6.42 Å². The second-order valence-electron chi connectivity index (χ2n) is 10.1. The Balaban J connectivity index is 1.89. The van der Waals surface area contributed by atoms with Gasteiger partial charge in [0.1, 0.15) is 22.8 Å². The molecular weight excluding hydrogens is 484 g/mol. The van der Waals surface area contributed by atoms with E-state index in [1.807, 2.05) is 6.92 Å². The molecule has 0 saturated heterocycles. The highest BCUT2D eigenvalue weighted by atomic mass is 16.6. The first-order valence-electron chi connectivity index (χ1n) is 12.2. The second-order valence-corrected chi connectivity index (χ2v) is 10.1. The lowest BCUT2D eigenvalue weighted by atomic mass is 9.57. The first kappa shape index (κ1) is 26.8. The Morgan fingerprint density at radius 1 is 1.24 bits per heavy atom. The van der Waals surface area contributed by atoms with Crippen LogP contribution < -0.4 is 5.73 Å². The standard InChI is InChI=1S/C26H32N2O9/c1-4-5-8-37-25(35)12-6-7-15(29)17-13(12)9-11-10-14-19(28(2)3)21(31)18(24(27)34)23(33)26(14,36)22(32)16(11)20(17)30/h6-7,11,14,19,25,29-30,33,35-36H,4-5,8-10H2,1-3H3,(H2,27,34). The summed E-state index contributed by atoms with van der Waals surface area (Å²) in [5, 5.41) is 54.9. The number of rotatable bonds is 7. The number of nitrogens with zero attached hydrogens (tertiary/aromatic N) is 1. The predicted octanol–water partition coefficient (Wildman–Crippen LogP) is 0.772. The van der Waals surface area contributed by atoms with Crippen molar-refractivity contribution in [2.75, 3.05) is 20.7 Å². The molecule has 1 amide bonds. The summed E-state index contributed by atoms with van der Waals surface area (Å²) in [6, 6.07) is 1.57. The molecule has 0 heterocycles. The van der Waals surface area contributed by atoms with Crippen LogP contribution in [0.5, 0.6) is 5.75 Å². The minimum Gasteiger partial charge on any atom is -0.508 e. The molecule has 200 valence electrons.